The number of nitrogens with zero attached hydrogens (tertiary/aromatic N) is 1. The molecule has 0 saturated heterocycles. The second-order valence-electron chi connectivity index (χ2n) is 5.43. The van der Waals surface area contributed by atoms with E-state index in [1.165, 1.54) is 14.2 Å². The number of aryl methyl sites for hydroxylation is 1. The second-order valence-corrected chi connectivity index (χ2v) is 6.41. The van der Waals surface area contributed by atoms with E-state index in [-0.39, 0.29) is 41.2 Å². The van der Waals surface area contributed by atoms with Crippen LogP contribution in [0.4, 0.5) is 14.5 Å². The Bertz CT molecular complexity index is 874. The molecule has 0 aliphatic rings. The van der Waals surface area contributed by atoms with Gasteiger partial charge < -0.3 is 19.8 Å². The van der Waals surface area contributed by atoms with Crippen LogP contribution in [0, 0.1) is 6.92 Å². The van der Waals surface area contributed by atoms with Crippen LogP contribution >= 0.6 is 11.8 Å². The van der Waals surface area contributed by atoms with Crippen LogP contribution in [-0.4, -0.2) is 35.9 Å². The summed E-state index contributed by atoms with van der Waals surface area (Å²) in [5, 5.41) is 2.56. The van der Waals surface area contributed by atoms with E-state index in [9.17, 15) is 18.4 Å². The normalized spacial score (nSPS) is 10.7. The minimum atomic E-state index is -2.68. The molecule has 146 valence electrons. The standard InChI is InChI=1S/C17H19F2N3O4S/c1-9-11(15(24)22-17(20-9)27-16(18)19)5-7-14(23)21-10-4-6-12(25-2)13(8-10)26-3/h4,6,8,16H,5,7H2,1-3H3,(H,21,23)(H,20,22,24). The summed E-state index contributed by atoms with van der Waals surface area (Å²) < 4.78 is 35.1. The molecule has 10 heteroatoms. The molecule has 0 unspecified atom stereocenters. The number of rotatable bonds is 8. The van der Waals surface area contributed by atoms with Crippen molar-refractivity contribution in [3.8, 4) is 11.5 Å². The maximum absolute atomic E-state index is 12.4. The molecular formula is C17H19F2N3O4S. The van der Waals surface area contributed by atoms with Crippen LogP contribution in [0.3, 0.4) is 0 Å². The van der Waals surface area contributed by atoms with Gasteiger partial charge in [-0.25, -0.2) is 4.98 Å². The van der Waals surface area contributed by atoms with Crippen LogP contribution < -0.4 is 20.3 Å². The van der Waals surface area contributed by atoms with Gasteiger partial charge >= 0.3 is 0 Å². The van der Waals surface area contributed by atoms with Crippen molar-refractivity contribution in [3.05, 3.63) is 39.8 Å². The molecular weight excluding hydrogens is 380 g/mol. The lowest BCUT2D eigenvalue weighted by molar-refractivity contribution is -0.116. The third kappa shape index (κ3) is 5.68. The highest BCUT2D eigenvalue weighted by Crippen LogP contribution is 2.29. The molecule has 1 amide bonds. The molecule has 2 rings (SSSR count). The van der Waals surface area contributed by atoms with Crippen molar-refractivity contribution in [1.29, 1.82) is 0 Å². The summed E-state index contributed by atoms with van der Waals surface area (Å²) in [6.45, 7) is 1.55. The molecule has 0 radical (unpaired) electrons. The number of anilines is 1. The number of benzene rings is 1. The van der Waals surface area contributed by atoms with Gasteiger partial charge in [0.15, 0.2) is 16.7 Å². The summed E-state index contributed by atoms with van der Waals surface area (Å²) in [5.74, 6) is -1.98. The SMILES string of the molecule is COc1ccc(NC(=O)CCc2c(C)nc(SC(F)F)[nH]c2=O)cc1OC. The van der Waals surface area contributed by atoms with E-state index in [2.05, 4.69) is 15.3 Å². The number of alkyl halides is 2. The number of ether oxygens (including phenoxy) is 2. The summed E-state index contributed by atoms with van der Waals surface area (Å²) in [6, 6.07) is 4.94. The molecule has 0 spiro atoms. The Morgan fingerprint density at radius 2 is 2.00 bits per heavy atom. The molecule has 0 aliphatic carbocycles. The maximum atomic E-state index is 12.4. The van der Waals surface area contributed by atoms with Crippen molar-refractivity contribution in [2.45, 2.75) is 30.7 Å². The van der Waals surface area contributed by atoms with E-state index in [0.717, 1.165) is 0 Å². The molecule has 0 aliphatic heterocycles. The van der Waals surface area contributed by atoms with Gasteiger partial charge in [-0.15, -0.1) is 0 Å². The van der Waals surface area contributed by atoms with E-state index < -0.39 is 11.3 Å². The molecule has 0 atom stereocenters. The number of thioether (sulfide) groups is 1. The van der Waals surface area contributed by atoms with Gasteiger partial charge in [-0.1, -0.05) is 0 Å². The predicted molar refractivity (Wildman–Crippen MR) is 98.0 cm³/mol. The van der Waals surface area contributed by atoms with Gasteiger partial charge in [-0.05, 0) is 37.2 Å². The summed E-state index contributed by atoms with van der Waals surface area (Å²) in [7, 11) is 3.00. The molecule has 1 heterocycles. The smallest absolute Gasteiger partial charge is 0.291 e. The van der Waals surface area contributed by atoms with Crippen LogP contribution in [0.25, 0.3) is 0 Å². The van der Waals surface area contributed by atoms with Crippen LogP contribution in [0.5, 0.6) is 11.5 Å². The predicted octanol–water partition coefficient (Wildman–Crippen LogP) is 2.98. The van der Waals surface area contributed by atoms with E-state index in [4.69, 9.17) is 9.47 Å². The maximum Gasteiger partial charge on any atom is 0.291 e. The Morgan fingerprint density at radius 1 is 1.30 bits per heavy atom. The molecule has 2 aromatic rings. The minimum absolute atomic E-state index is 0.0290. The highest BCUT2D eigenvalue weighted by Gasteiger charge is 2.14. The van der Waals surface area contributed by atoms with Gasteiger partial charge in [0, 0.05) is 29.4 Å². The van der Waals surface area contributed by atoms with E-state index in [1.54, 1.807) is 25.1 Å². The van der Waals surface area contributed by atoms with Crippen molar-refractivity contribution < 1.29 is 23.0 Å². The zero-order chi connectivity index (χ0) is 20.0. The first-order valence-electron chi connectivity index (χ1n) is 7.90. The number of hydrogen-bond acceptors (Lipinski definition) is 6. The van der Waals surface area contributed by atoms with Gasteiger partial charge in [0.1, 0.15) is 0 Å². The fourth-order valence-electron chi connectivity index (χ4n) is 2.40. The van der Waals surface area contributed by atoms with Gasteiger partial charge in [0.25, 0.3) is 11.3 Å². The van der Waals surface area contributed by atoms with Crippen molar-refractivity contribution in [1.82, 2.24) is 9.97 Å². The molecule has 0 saturated carbocycles. The van der Waals surface area contributed by atoms with E-state index >= 15 is 0 Å². The highest BCUT2D eigenvalue weighted by molar-refractivity contribution is 7.99. The largest absolute Gasteiger partial charge is 0.493 e. The average Bonchev–Trinajstić information content (AvgIpc) is 2.60. The molecule has 27 heavy (non-hydrogen) atoms. The molecule has 2 N–H and O–H groups in total. The van der Waals surface area contributed by atoms with Crippen molar-refractivity contribution >= 4 is 23.4 Å². The van der Waals surface area contributed by atoms with Gasteiger partial charge in [0.2, 0.25) is 5.91 Å². The van der Waals surface area contributed by atoms with E-state index in [0.29, 0.717) is 22.9 Å². The Morgan fingerprint density at radius 3 is 2.59 bits per heavy atom. The first kappa shape index (κ1) is 20.7. The van der Waals surface area contributed by atoms with Crippen molar-refractivity contribution in [2.75, 3.05) is 19.5 Å². The molecule has 0 bridgehead atoms. The second kappa shape index (κ2) is 9.36. The number of methoxy groups -OCH3 is 2. The third-order valence-electron chi connectivity index (χ3n) is 3.67. The number of carbonyl (C=O) groups is 1. The number of aromatic nitrogens is 2. The first-order valence-corrected chi connectivity index (χ1v) is 8.78. The van der Waals surface area contributed by atoms with E-state index in [1.807, 2.05) is 0 Å². The quantitative estimate of drug-likeness (QED) is 0.524. The highest BCUT2D eigenvalue weighted by atomic mass is 32.2. The Hall–Kier alpha value is -2.62. The van der Waals surface area contributed by atoms with Crippen molar-refractivity contribution in [3.63, 3.8) is 0 Å². The lowest BCUT2D eigenvalue weighted by Gasteiger charge is -2.11. The zero-order valence-corrected chi connectivity index (χ0v) is 15.8. The van der Waals surface area contributed by atoms with Crippen LogP contribution in [0.1, 0.15) is 17.7 Å². The average molecular weight is 399 g/mol. The lowest BCUT2D eigenvalue weighted by Crippen LogP contribution is -2.20. The topological polar surface area (TPSA) is 93.3 Å². The van der Waals surface area contributed by atoms with Crippen molar-refractivity contribution in [2.24, 2.45) is 0 Å². The lowest BCUT2D eigenvalue weighted by atomic mass is 10.1. The number of hydrogen-bond donors (Lipinski definition) is 2. The van der Waals surface area contributed by atoms with Gasteiger partial charge in [0.05, 0.1) is 14.2 Å². The van der Waals surface area contributed by atoms with Crippen LogP contribution in [0.2, 0.25) is 0 Å². The Kier molecular flexibility index (Phi) is 7.17. The number of nitrogens with one attached hydrogen (secondary N) is 2. The Labute approximate surface area is 158 Å². The first-order chi connectivity index (χ1) is 12.8. The fraction of sp³-hybridized carbons (Fsp3) is 0.353. The number of halogens is 2. The summed E-state index contributed by atoms with van der Waals surface area (Å²) in [6.07, 6.45) is 0.161. The third-order valence-corrected chi connectivity index (χ3v) is 4.27. The van der Waals surface area contributed by atoms with Crippen LogP contribution in [0.15, 0.2) is 28.2 Å². The molecule has 1 aromatic heterocycles. The molecule has 7 nitrogen and oxygen atoms in total. The monoisotopic (exact) mass is 399 g/mol. The number of amides is 1. The molecule has 1 aromatic carbocycles. The molecule has 0 fully saturated rings. The zero-order valence-electron chi connectivity index (χ0n) is 15.0. The van der Waals surface area contributed by atoms with Gasteiger partial charge in [-0.2, -0.15) is 8.78 Å². The fourth-order valence-corrected chi connectivity index (χ4v) is 2.91. The summed E-state index contributed by atoms with van der Waals surface area (Å²) in [5.41, 5.74) is 0.603. The summed E-state index contributed by atoms with van der Waals surface area (Å²) in [4.78, 5) is 30.5. The van der Waals surface area contributed by atoms with Crippen LogP contribution in [-0.2, 0) is 11.2 Å². The number of H-pyrrole nitrogens is 1. The summed E-state index contributed by atoms with van der Waals surface area (Å²) >= 11 is 0.167. The Balaban J connectivity index is 2.02. The minimum Gasteiger partial charge on any atom is -0.493 e. The van der Waals surface area contributed by atoms with Gasteiger partial charge in [-0.3, -0.25) is 9.59 Å². The number of aromatic amines is 1. The number of carbonyl (C=O) groups excluding carboxylic acids is 1.